The van der Waals surface area contributed by atoms with E-state index in [4.69, 9.17) is 0 Å². The van der Waals surface area contributed by atoms with Crippen molar-refractivity contribution in [1.29, 1.82) is 0 Å². The molecule has 0 aromatic carbocycles. The highest BCUT2D eigenvalue weighted by Gasteiger charge is 1.97. The Morgan fingerprint density at radius 2 is 2.00 bits per heavy atom. The van der Waals surface area contributed by atoms with Crippen molar-refractivity contribution >= 4 is 11.5 Å². The van der Waals surface area contributed by atoms with E-state index in [1.165, 1.54) is 11.5 Å². The topological polar surface area (TPSA) is 38.7 Å². The van der Waals surface area contributed by atoms with E-state index >= 15 is 0 Å². The second-order valence-electron chi connectivity index (χ2n) is 2.02. The number of hydrogen-bond donors (Lipinski definition) is 0. The van der Waals surface area contributed by atoms with Gasteiger partial charge in [-0.15, -0.1) is 5.10 Å². The maximum absolute atomic E-state index is 3.92. The van der Waals surface area contributed by atoms with Crippen molar-refractivity contribution in [2.24, 2.45) is 0 Å². The van der Waals surface area contributed by atoms with Gasteiger partial charge in [-0.3, -0.25) is 4.98 Å². The molecule has 0 spiro atoms. The lowest BCUT2D eigenvalue weighted by Crippen LogP contribution is -1.71. The van der Waals surface area contributed by atoms with E-state index in [-0.39, 0.29) is 0 Å². The summed E-state index contributed by atoms with van der Waals surface area (Å²) < 4.78 is 3.77. The Morgan fingerprint density at radius 3 is 2.64 bits per heavy atom. The van der Waals surface area contributed by atoms with E-state index in [1.54, 1.807) is 18.6 Å². The van der Waals surface area contributed by atoms with E-state index < -0.39 is 0 Å². The smallest absolute Gasteiger partial charge is 0.0754 e. The molecule has 11 heavy (non-hydrogen) atoms. The van der Waals surface area contributed by atoms with Crippen LogP contribution in [0.2, 0.25) is 0 Å². The second-order valence-corrected chi connectivity index (χ2v) is 2.80. The molecule has 0 fully saturated rings. The van der Waals surface area contributed by atoms with Crippen molar-refractivity contribution in [3.63, 3.8) is 0 Å². The summed E-state index contributed by atoms with van der Waals surface area (Å²) in [6.45, 7) is 0. The SMILES string of the molecule is c1cc(-c2cnns2)ccn1. The van der Waals surface area contributed by atoms with E-state index in [2.05, 4.69) is 14.6 Å². The molecule has 0 unspecified atom stereocenters. The first-order valence-electron chi connectivity index (χ1n) is 3.14. The van der Waals surface area contributed by atoms with Crippen LogP contribution in [0, 0.1) is 0 Å². The molecule has 4 heteroatoms. The van der Waals surface area contributed by atoms with Crippen LogP contribution in [0.3, 0.4) is 0 Å². The Morgan fingerprint density at radius 1 is 1.18 bits per heavy atom. The Balaban J connectivity index is 2.46. The van der Waals surface area contributed by atoms with Gasteiger partial charge in [0.15, 0.2) is 0 Å². The molecule has 0 bridgehead atoms. The molecule has 0 saturated heterocycles. The highest BCUT2D eigenvalue weighted by Crippen LogP contribution is 2.19. The minimum Gasteiger partial charge on any atom is -0.265 e. The maximum atomic E-state index is 3.92. The van der Waals surface area contributed by atoms with Gasteiger partial charge in [-0.25, -0.2) is 0 Å². The molecule has 0 radical (unpaired) electrons. The van der Waals surface area contributed by atoms with Crippen LogP contribution in [0.5, 0.6) is 0 Å². The predicted octanol–water partition coefficient (Wildman–Crippen LogP) is 1.60. The number of rotatable bonds is 1. The molecule has 2 aromatic rings. The van der Waals surface area contributed by atoms with Crippen molar-refractivity contribution in [2.75, 3.05) is 0 Å². The molecule has 2 aromatic heterocycles. The largest absolute Gasteiger partial charge is 0.265 e. The summed E-state index contributed by atoms with van der Waals surface area (Å²) in [4.78, 5) is 5.00. The summed E-state index contributed by atoms with van der Waals surface area (Å²) in [5, 5.41) is 3.75. The Labute approximate surface area is 67.9 Å². The van der Waals surface area contributed by atoms with Gasteiger partial charge in [0, 0.05) is 12.4 Å². The average molecular weight is 163 g/mol. The standard InChI is InChI=1S/C7H5N3S/c1-3-8-4-2-6(1)7-5-9-10-11-7/h1-5H. The van der Waals surface area contributed by atoms with E-state index in [1.807, 2.05) is 12.1 Å². The van der Waals surface area contributed by atoms with Gasteiger partial charge in [0.2, 0.25) is 0 Å². The predicted molar refractivity (Wildman–Crippen MR) is 43.1 cm³/mol. The maximum Gasteiger partial charge on any atom is 0.0754 e. The van der Waals surface area contributed by atoms with Crippen LogP contribution >= 0.6 is 11.5 Å². The zero-order valence-electron chi connectivity index (χ0n) is 5.64. The second kappa shape index (κ2) is 2.75. The first-order chi connectivity index (χ1) is 5.47. The minimum atomic E-state index is 1.08. The molecule has 0 saturated carbocycles. The lowest BCUT2D eigenvalue weighted by molar-refractivity contribution is 1.16. The third-order valence-electron chi connectivity index (χ3n) is 1.33. The van der Waals surface area contributed by atoms with Gasteiger partial charge in [-0.2, -0.15) is 0 Å². The molecular formula is C7H5N3S. The van der Waals surface area contributed by atoms with Crippen molar-refractivity contribution < 1.29 is 0 Å². The first-order valence-corrected chi connectivity index (χ1v) is 3.92. The zero-order valence-corrected chi connectivity index (χ0v) is 6.45. The highest BCUT2D eigenvalue weighted by atomic mass is 32.1. The van der Waals surface area contributed by atoms with Crippen LogP contribution in [0.15, 0.2) is 30.7 Å². The Kier molecular flexibility index (Phi) is 1.61. The lowest BCUT2D eigenvalue weighted by Gasteiger charge is -1.90. The van der Waals surface area contributed by atoms with Gasteiger partial charge < -0.3 is 0 Å². The average Bonchev–Trinajstić information content (AvgIpc) is 2.58. The van der Waals surface area contributed by atoms with E-state index in [0.717, 1.165) is 10.4 Å². The van der Waals surface area contributed by atoms with Crippen LogP contribution < -0.4 is 0 Å². The van der Waals surface area contributed by atoms with Gasteiger partial charge in [0.05, 0.1) is 11.1 Å². The zero-order chi connectivity index (χ0) is 7.52. The quantitative estimate of drug-likeness (QED) is 0.641. The van der Waals surface area contributed by atoms with Crippen molar-refractivity contribution in [3.8, 4) is 10.4 Å². The van der Waals surface area contributed by atoms with Gasteiger partial charge in [0.25, 0.3) is 0 Å². The number of aromatic nitrogens is 3. The molecule has 2 rings (SSSR count). The summed E-state index contributed by atoms with van der Waals surface area (Å²) in [5.41, 5.74) is 1.12. The summed E-state index contributed by atoms with van der Waals surface area (Å²) in [5.74, 6) is 0. The van der Waals surface area contributed by atoms with Crippen LogP contribution in [-0.4, -0.2) is 14.6 Å². The molecule has 0 aliphatic carbocycles. The van der Waals surface area contributed by atoms with Crippen LogP contribution in [0.4, 0.5) is 0 Å². The van der Waals surface area contributed by atoms with Gasteiger partial charge in [-0.1, -0.05) is 4.49 Å². The van der Waals surface area contributed by atoms with Crippen LogP contribution in [0.25, 0.3) is 10.4 Å². The Bertz CT molecular complexity index is 317. The fourth-order valence-corrected chi connectivity index (χ4v) is 1.33. The minimum absolute atomic E-state index is 1.08. The number of nitrogens with zero attached hydrogens (tertiary/aromatic N) is 3. The van der Waals surface area contributed by atoms with Crippen molar-refractivity contribution in [2.45, 2.75) is 0 Å². The Hall–Kier alpha value is -1.29. The fraction of sp³-hybridized carbons (Fsp3) is 0. The number of hydrogen-bond acceptors (Lipinski definition) is 4. The highest BCUT2D eigenvalue weighted by molar-refractivity contribution is 7.09. The van der Waals surface area contributed by atoms with E-state index in [9.17, 15) is 0 Å². The normalized spacial score (nSPS) is 9.82. The van der Waals surface area contributed by atoms with Crippen LogP contribution in [0.1, 0.15) is 0 Å². The summed E-state index contributed by atoms with van der Waals surface area (Å²) in [7, 11) is 0. The van der Waals surface area contributed by atoms with Gasteiger partial charge in [0.1, 0.15) is 0 Å². The summed E-state index contributed by atoms with van der Waals surface area (Å²) >= 11 is 1.39. The molecule has 0 amide bonds. The van der Waals surface area contributed by atoms with E-state index in [0.29, 0.717) is 0 Å². The summed E-state index contributed by atoms with van der Waals surface area (Å²) in [6.07, 6.45) is 5.27. The molecular weight excluding hydrogens is 158 g/mol. The monoisotopic (exact) mass is 163 g/mol. The summed E-state index contributed by atoms with van der Waals surface area (Å²) in [6, 6.07) is 3.88. The third kappa shape index (κ3) is 1.25. The van der Waals surface area contributed by atoms with Crippen LogP contribution in [-0.2, 0) is 0 Å². The molecule has 0 atom stereocenters. The first kappa shape index (κ1) is 6.42. The molecule has 0 aliphatic heterocycles. The van der Waals surface area contributed by atoms with Gasteiger partial charge >= 0.3 is 0 Å². The lowest BCUT2D eigenvalue weighted by atomic mass is 10.2. The molecule has 0 aliphatic rings. The van der Waals surface area contributed by atoms with Crippen molar-refractivity contribution in [1.82, 2.24) is 14.6 Å². The molecule has 54 valence electrons. The van der Waals surface area contributed by atoms with Gasteiger partial charge in [-0.05, 0) is 29.2 Å². The van der Waals surface area contributed by atoms with Crippen molar-refractivity contribution in [3.05, 3.63) is 30.7 Å². The third-order valence-corrected chi connectivity index (χ3v) is 2.04. The molecule has 3 nitrogen and oxygen atoms in total. The fourth-order valence-electron chi connectivity index (χ4n) is 0.811. The molecule has 2 heterocycles. The number of pyridine rings is 1. The molecule has 0 N–H and O–H groups in total.